The van der Waals surface area contributed by atoms with Crippen molar-refractivity contribution in [2.24, 2.45) is 0 Å². The van der Waals surface area contributed by atoms with Gasteiger partial charge >= 0.3 is 0 Å². The summed E-state index contributed by atoms with van der Waals surface area (Å²) in [6.45, 7) is 4.19. The fraction of sp³-hybridized carbons (Fsp3) is 0.182. The Morgan fingerprint density at radius 3 is 2.71 bits per heavy atom. The van der Waals surface area contributed by atoms with E-state index in [2.05, 4.69) is 37.0 Å². The summed E-state index contributed by atoms with van der Waals surface area (Å²) < 4.78 is 0. The van der Waals surface area contributed by atoms with Gasteiger partial charge in [-0.1, -0.05) is 35.1 Å². The van der Waals surface area contributed by atoms with E-state index >= 15 is 0 Å². The number of nitrogens with two attached hydrogens (primary N) is 1. The Kier molecular flexibility index (Phi) is 2.25. The fourth-order valence-electron chi connectivity index (χ4n) is 1.41. The van der Waals surface area contributed by atoms with Crippen molar-refractivity contribution in [3.8, 4) is 10.4 Å². The quantitative estimate of drug-likeness (QED) is 0.775. The molecule has 3 heteroatoms. The summed E-state index contributed by atoms with van der Waals surface area (Å²) in [6, 6.07) is 6.41. The second kappa shape index (κ2) is 3.42. The molecule has 14 heavy (non-hydrogen) atoms. The van der Waals surface area contributed by atoms with Crippen LogP contribution in [0.5, 0.6) is 0 Å². The summed E-state index contributed by atoms with van der Waals surface area (Å²) in [7, 11) is 0. The normalized spacial score (nSPS) is 10.4. The number of aromatic nitrogens is 1. The Bertz CT molecular complexity index is 460. The van der Waals surface area contributed by atoms with E-state index in [4.69, 9.17) is 5.73 Å². The van der Waals surface area contributed by atoms with Crippen molar-refractivity contribution in [2.45, 2.75) is 13.8 Å². The van der Waals surface area contributed by atoms with Crippen LogP contribution in [0.4, 0.5) is 5.13 Å². The standard InChI is InChI=1S/C11H12N2S/c1-7-3-4-8(2)9(5-7)10-6-13-11(12)14-10/h3-6H,1-2H3,(H2,12,13). The molecule has 0 fully saturated rings. The zero-order chi connectivity index (χ0) is 10.1. The molecule has 0 aliphatic carbocycles. The maximum absolute atomic E-state index is 5.61. The predicted octanol–water partition coefficient (Wildman–Crippen LogP) is 3.01. The molecular weight excluding hydrogens is 192 g/mol. The van der Waals surface area contributed by atoms with Gasteiger partial charge in [0.15, 0.2) is 5.13 Å². The number of nitrogen functional groups attached to an aromatic ring is 1. The highest BCUT2D eigenvalue weighted by atomic mass is 32.1. The predicted molar refractivity (Wildman–Crippen MR) is 61.4 cm³/mol. The van der Waals surface area contributed by atoms with Crippen LogP contribution in [0.2, 0.25) is 0 Å². The van der Waals surface area contributed by atoms with Crippen LogP contribution < -0.4 is 5.73 Å². The van der Waals surface area contributed by atoms with Crippen LogP contribution >= 0.6 is 11.3 Å². The van der Waals surface area contributed by atoms with E-state index in [9.17, 15) is 0 Å². The maximum atomic E-state index is 5.61. The number of hydrogen-bond donors (Lipinski definition) is 1. The maximum Gasteiger partial charge on any atom is 0.180 e. The lowest BCUT2D eigenvalue weighted by molar-refractivity contribution is 1.38. The van der Waals surface area contributed by atoms with Gasteiger partial charge in [-0.2, -0.15) is 0 Å². The van der Waals surface area contributed by atoms with Crippen molar-refractivity contribution < 1.29 is 0 Å². The second-order valence-electron chi connectivity index (χ2n) is 3.38. The Balaban J connectivity index is 2.55. The van der Waals surface area contributed by atoms with Crippen LogP contribution in [0.25, 0.3) is 10.4 Å². The molecule has 2 rings (SSSR count). The minimum Gasteiger partial charge on any atom is -0.375 e. The molecule has 1 aromatic heterocycles. The van der Waals surface area contributed by atoms with Crippen molar-refractivity contribution in [1.82, 2.24) is 4.98 Å². The monoisotopic (exact) mass is 204 g/mol. The third-order valence-electron chi connectivity index (χ3n) is 2.18. The van der Waals surface area contributed by atoms with Gasteiger partial charge in [-0.15, -0.1) is 0 Å². The van der Waals surface area contributed by atoms with Crippen LogP contribution in [-0.2, 0) is 0 Å². The third kappa shape index (κ3) is 1.63. The largest absolute Gasteiger partial charge is 0.375 e. The van der Waals surface area contributed by atoms with Gasteiger partial charge in [-0.05, 0) is 25.0 Å². The van der Waals surface area contributed by atoms with Gasteiger partial charge in [0.05, 0.1) is 4.88 Å². The molecule has 72 valence electrons. The molecule has 2 aromatic rings. The van der Waals surface area contributed by atoms with Crippen molar-refractivity contribution in [3.05, 3.63) is 35.5 Å². The van der Waals surface area contributed by atoms with Crippen LogP contribution in [0.1, 0.15) is 11.1 Å². The molecule has 1 aromatic carbocycles. The first-order chi connectivity index (χ1) is 6.66. The first kappa shape index (κ1) is 9.21. The van der Waals surface area contributed by atoms with Crippen molar-refractivity contribution in [1.29, 1.82) is 0 Å². The van der Waals surface area contributed by atoms with E-state index in [0.717, 1.165) is 4.88 Å². The van der Waals surface area contributed by atoms with Gasteiger partial charge < -0.3 is 5.73 Å². The number of thiazole rings is 1. The molecule has 0 aliphatic rings. The summed E-state index contributed by atoms with van der Waals surface area (Å²) in [5, 5.41) is 0.626. The van der Waals surface area contributed by atoms with Gasteiger partial charge in [-0.25, -0.2) is 4.98 Å². The van der Waals surface area contributed by atoms with Gasteiger partial charge in [0, 0.05) is 6.20 Å². The minimum atomic E-state index is 0.626. The summed E-state index contributed by atoms with van der Waals surface area (Å²) in [5.74, 6) is 0. The third-order valence-corrected chi connectivity index (χ3v) is 3.04. The molecule has 2 N–H and O–H groups in total. The number of rotatable bonds is 1. The summed E-state index contributed by atoms with van der Waals surface area (Å²) in [4.78, 5) is 5.20. The van der Waals surface area contributed by atoms with E-state index in [1.807, 2.05) is 6.20 Å². The van der Waals surface area contributed by atoms with E-state index in [1.54, 1.807) is 0 Å². The number of nitrogens with zero attached hydrogens (tertiary/aromatic N) is 1. The molecule has 0 spiro atoms. The number of anilines is 1. The van der Waals surface area contributed by atoms with E-state index in [-0.39, 0.29) is 0 Å². The van der Waals surface area contributed by atoms with Gasteiger partial charge in [0.1, 0.15) is 0 Å². The Hall–Kier alpha value is -1.35. The molecule has 0 amide bonds. The molecule has 0 saturated heterocycles. The number of benzene rings is 1. The van der Waals surface area contributed by atoms with E-state index in [1.165, 1.54) is 28.0 Å². The smallest absolute Gasteiger partial charge is 0.180 e. The summed E-state index contributed by atoms with van der Waals surface area (Å²) >= 11 is 1.53. The lowest BCUT2D eigenvalue weighted by atomic mass is 10.1. The van der Waals surface area contributed by atoms with Crippen molar-refractivity contribution >= 4 is 16.5 Å². The van der Waals surface area contributed by atoms with Crippen molar-refractivity contribution in [3.63, 3.8) is 0 Å². The Morgan fingerprint density at radius 1 is 1.29 bits per heavy atom. The lowest BCUT2D eigenvalue weighted by Gasteiger charge is -2.03. The molecule has 0 aliphatic heterocycles. The zero-order valence-electron chi connectivity index (χ0n) is 8.24. The molecule has 0 bridgehead atoms. The molecule has 0 saturated carbocycles. The minimum absolute atomic E-state index is 0.626. The molecule has 0 atom stereocenters. The summed E-state index contributed by atoms with van der Waals surface area (Å²) in [6.07, 6.45) is 1.84. The molecule has 0 unspecified atom stereocenters. The topological polar surface area (TPSA) is 38.9 Å². The molecule has 1 heterocycles. The number of hydrogen-bond acceptors (Lipinski definition) is 3. The summed E-state index contributed by atoms with van der Waals surface area (Å²) in [5.41, 5.74) is 9.37. The lowest BCUT2D eigenvalue weighted by Crippen LogP contribution is -1.81. The van der Waals surface area contributed by atoms with Crippen LogP contribution in [0, 0.1) is 13.8 Å². The first-order valence-corrected chi connectivity index (χ1v) is 5.27. The Morgan fingerprint density at radius 2 is 2.07 bits per heavy atom. The van der Waals surface area contributed by atoms with E-state index in [0.29, 0.717) is 5.13 Å². The highest BCUT2D eigenvalue weighted by molar-refractivity contribution is 7.18. The van der Waals surface area contributed by atoms with Gasteiger partial charge in [-0.3, -0.25) is 0 Å². The fourth-order valence-corrected chi connectivity index (χ4v) is 2.18. The average molecular weight is 204 g/mol. The van der Waals surface area contributed by atoms with E-state index < -0.39 is 0 Å². The highest BCUT2D eigenvalue weighted by Gasteiger charge is 2.05. The Labute approximate surface area is 87.4 Å². The van der Waals surface area contributed by atoms with Crippen LogP contribution in [0.3, 0.4) is 0 Å². The molecule has 2 nitrogen and oxygen atoms in total. The van der Waals surface area contributed by atoms with Crippen molar-refractivity contribution in [2.75, 3.05) is 5.73 Å². The zero-order valence-corrected chi connectivity index (χ0v) is 9.06. The molecule has 0 radical (unpaired) electrons. The van der Waals surface area contributed by atoms with Gasteiger partial charge in [0.2, 0.25) is 0 Å². The number of aryl methyl sites for hydroxylation is 2. The molecular formula is C11H12N2S. The SMILES string of the molecule is Cc1ccc(C)c(-c2cnc(N)s2)c1. The average Bonchev–Trinajstić information content (AvgIpc) is 2.56. The highest BCUT2D eigenvalue weighted by Crippen LogP contribution is 2.30. The first-order valence-electron chi connectivity index (χ1n) is 4.46. The van der Waals surface area contributed by atoms with Crippen LogP contribution in [-0.4, -0.2) is 4.98 Å². The van der Waals surface area contributed by atoms with Gasteiger partial charge in [0.25, 0.3) is 0 Å². The van der Waals surface area contributed by atoms with Crippen LogP contribution in [0.15, 0.2) is 24.4 Å². The second-order valence-corrected chi connectivity index (χ2v) is 4.44.